The molecule has 0 heterocycles. The fraction of sp³-hybridized carbons (Fsp3) is 0.617. The number of unbranched alkanes of at least 4 members (excludes halogenated alkanes) is 15. The van der Waals surface area contributed by atoms with Crippen LogP contribution in [-0.2, 0) is 19.8 Å². The number of hydrogen-bond donors (Lipinski definition) is 3. The van der Waals surface area contributed by atoms with Gasteiger partial charge in [0.25, 0.3) is 0 Å². The van der Waals surface area contributed by atoms with Gasteiger partial charge < -0.3 is 29.5 Å². The van der Waals surface area contributed by atoms with E-state index in [1.165, 1.54) is 89.9 Å². The molecule has 0 bridgehead atoms. The Labute approximate surface area is 322 Å². The van der Waals surface area contributed by atoms with E-state index in [1.54, 1.807) is 14.0 Å². The summed E-state index contributed by atoms with van der Waals surface area (Å²) in [5.74, 6) is 0. The highest BCUT2D eigenvalue weighted by Gasteiger charge is 2.38. The number of ether oxygens (including phenoxy) is 3. The minimum absolute atomic E-state index is 0.176. The summed E-state index contributed by atoms with van der Waals surface area (Å²) < 4.78 is 18.4. The van der Waals surface area contributed by atoms with Crippen LogP contribution in [0.3, 0.4) is 0 Å². The van der Waals surface area contributed by atoms with Gasteiger partial charge in [0.2, 0.25) is 0 Å². The average molecular weight is 733 g/mol. The SMILES string of the molecule is CCCCCCCCCCCCCCCCCCC(CC(O)C(O)C(O)C(C)OCCOC(c1ccccc1)(c1ccccc1)c1ccccc1)OC. The van der Waals surface area contributed by atoms with Crippen molar-refractivity contribution < 1.29 is 29.5 Å². The number of methoxy groups -OCH3 is 1. The maximum absolute atomic E-state index is 10.9. The molecule has 53 heavy (non-hydrogen) atoms. The van der Waals surface area contributed by atoms with Crippen molar-refractivity contribution in [2.45, 2.75) is 166 Å². The first kappa shape index (κ1) is 44.8. The second-order valence-corrected chi connectivity index (χ2v) is 14.9. The van der Waals surface area contributed by atoms with E-state index in [4.69, 9.17) is 14.2 Å². The van der Waals surface area contributed by atoms with Crippen LogP contribution in [0.4, 0.5) is 0 Å². The van der Waals surface area contributed by atoms with Crippen LogP contribution in [0.15, 0.2) is 91.0 Å². The van der Waals surface area contributed by atoms with Crippen LogP contribution in [0.2, 0.25) is 0 Å². The molecule has 3 N–H and O–H groups in total. The summed E-state index contributed by atoms with van der Waals surface area (Å²) in [4.78, 5) is 0. The maximum Gasteiger partial charge on any atom is 0.143 e. The van der Waals surface area contributed by atoms with E-state index in [9.17, 15) is 15.3 Å². The molecule has 0 aromatic heterocycles. The number of benzene rings is 3. The smallest absolute Gasteiger partial charge is 0.143 e. The van der Waals surface area contributed by atoms with E-state index in [0.717, 1.165) is 36.0 Å². The molecule has 0 aliphatic heterocycles. The predicted octanol–water partition coefficient (Wildman–Crippen LogP) is 10.5. The highest BCUT2D eigenvalue weighted by atomic mass is 16.5. The molecule has 0 amide bonds. The Morgan fingerprint density at radius 1 is 0.528 bits per heavy atom. The zero-order valence-corrected chi connectivity index (χ0v) is 33.3. The Morgan fingerprint density at radius 2 is 0.925 bits per heavy atom. The summed E-state index contributed by atoms with van der Waals surface area (Å²) in [6, 6.07) is 30.4. The quantitative estimate of drug-likeness (QED) is 0.0451. The Balaban J connectivity index is 1.35. The molecule has 0 aliphatic rings. The van der Waals surface area contributed by atoms with Gasteiger partial charge in [-0.2, -0.15) is 0 Å². The third-order valence-corrected chi connectivity index (χ3v) is 10.8. The normalized spacial score (nSPS) is 14.8. The van der Waals surface area contributed by atoms with Crippen LogP contribution in [0.5, 0.6) is 0 Å². The second-order valence-electron chi connectivity index (χ2n) is 14.9. The monoisotopic (exact) mass is 733 g/mol. The van der Waals surface area contributed by atoms with Crippen molar-refractivity contribution in [2.24, 2.45) is 0 Å². The number of rotatable bonds is 31. The minimum atomic E-state index is -1.36. The van der Waals surface area contributed by atoms with Gasteiger partial charge in [0, 0.05) is 13.5 Å². The second kappa shape index (κ2) is 27.1. The van der Waals surface area contributed by atoms with E-state index in [1.807, 2.05) is 54.6 Å². The van der Waals surface area contributed by atoms with Crippen LogP contribution in [0, 0.1) is 0 Å². The number of aliphatic hydroxyl groups is 3. The lowest BCUT2D eigenvalue weighted by molar-refractivity contribution is -0.133. The summed E-state index contributed by atoms with van der Waals surface area (Å²) in [5, 5.41) is 32.7. The molecule has 6 nitrogen and oxygen atoms in total. The van der Waals surface area contributed by atoms with Crippen molar-refractivity contribution in [2.75, 3.05) is 20.3 Å². The lowest BCUT2D eigenvalue weighted by atomic mass is 9.80. The Bertz CT molecular complexity index is 1180. The van der Waals surface area contributed by atoms with Crippen LogP contribution >= 0.6 is 0 Å². The van der Waals surface area contributed by atoms with E-state index >= 15 is 0 Å². The average Bonchev–Trinajstić information content (AvgIpc) is 3.20. The molecule has 3 aromatic carbocycles. The van der Waals surface area contributed by atoms with Gasteiger partial charge in [0.15, 0.2) is 0 Å². The lowest BCUT2D eigenvalue weighted by Crippen LogP contribution is -2.46. The van der Waals surface area contributed by atoms with Crippen molar-refractivity contribution in [3.8, 4) is 0 Å². The molecule has 296 valence electrons. The van der Waals surface area contributed by atoms with Crippen LogP contribution in [0.1, 0.15) is 146 Å². The number of aliphatic hydroxyl groups excluding tert-OH is 3. The van der Waals surface area contributed by atoms with Crippen LogP contribution in [-0.4, -0.2) is 66.2 Å². The molecule has 0 aliphatic carbocycles. The van der Waals surface area contributed by atoms with Crippen molar-refractivity contribution in [1.82, 2.24) is 0 Å². The summed E-state index contributed by atoms with van der Waals surface area (Å²) in [5.41, 5.74) is 2.12. The summed E-state index contributed by atoms with van der Waals surface area (Å²) >= 11 is 0. The lowest BCUT2D eigenvalue weighted by Gasteiger charge is -2.36. The molecule has 0 saturated carbocycles. The Hall–Kier alpha value is -2.58. The molecule has 3 aromatic rings. The molecule has 0 spiro atoms. The van der Waals surface area contributed by atoms with E-state index in [-0.39, 0.29) is 25.7 Å². The molecule has 3 rings (SSSR count). The molecule has 5 unspecified atom stereocenters. The van der Waals surface area contributed by atoms with Crippen molar-refractivity contribution in [3.05, 3.63) is 108 Å². The van der Waals surface area contributed by atoms with E-state index in [2.05, 4.69) is 43.3 Å². The topological polar surface area (TPSA) is 88.4 Å². The molecular formula is C47H72O6. The van der Waals surface area contributed by atoms with Crippen LogP contribution < -0.4 is 0 Å². The van der Waals surface area contributed by atoms with Gasteiger partial charge in [-0.05, 0) is 30.0 Å². The Morgan fingerprint density at radius 3 is 1.32 bits per heavy atom. The molecule has 0 fully saturated rings. The van der Waals surface area contributed by atoms with Gasteiger partial charge in [0.05, 0.1) is 31.5 Å². The number of hydrogen-bond acceptors (Lipinski definition) is 6. The summed E-state index contributed by atoms with van der Waals surface area (Å²) in [7, 11) is 1.65. The van der Waals surface area contributed by atoms with Gasteiger partial charge in [-0.25, -0.2) is 0 Å². The molecular weight excluding hydrogens is 661 g/mol. The largest absolute Gasteiger partial charge is 0.390 e. The fourth-order valence-electron chi connectivity index (χ4n) is 7.46. The van der Waals surface area contributed by atoms with Crippen molar-refractivity contribution in [1.29, 1.82) is 0 Å². The standard InChI is InChI=1S/C47H72O6/c1-4-5-6-7-8-9-10-11-12-13-14-15-16-17-18-28-35-43(51-3)38-44(48)46(50)45(49)39(2)52-36-37-53-47(40-29-22-19-23-30-40,41-31-24-20-25-32-41)42-33-26-21-27-34-42/h19-27,29-34,39,43-46,48-50H,4-18,28,35-38H2,1-3H3. The zero-order valence-electron chi connectivity index (χ0n) is 33.3. The van der Waals surface area contributed by atoms with E-state index in [0.29, 0.717) is 0 Å². The zero-order chi connectivity index (χ0) is 38.0. The van der Waals surface area contributed by atoms with E-state index < -0.39 is 30.0 Å². The van der Waals surface area contributed by atoms with Crippen LogP contribution in [0.25, 0.3) is 0 Å². The first-order valence-corrected chi connectivity index (χ1v) is 20.9. The third-order valence-electron chi connectivity index (χ3n) is 10.8. The van der Waals surface area contributed by atoms with Gasteiger partial charge in [-0.15, -0.1) is 0 Å². The molecule has 6 heteroatoms. The first-order chi connectivity index (χ1) is 25.9. The van der Waals surface area contributed by atoms with Gasteiger partial charge in [0.1, 0.15) is 17.8 Å². The molecule has 0 saturated heterocycles. The Kier molecular flexibility index (Phi) is 22.9. The van der Waals surface area contributed by atoms with Gasteiger partial charge in [-0.3, -0.25) is 0 Å². The van der Waals surface area contributed by atoms with Crippen molar-refractivity contribution >= 4 is 0 Å². The summed E-state index contributed by atoms with van der Waals surface area (Å²) in [6.45, 7) is 4.41. The molecule has 5 atom stereocenters. The first-order valence-electron chi connectivity index (χ1n) is 20.9. The highest BCUT2D eigenvalue weighted by Crippen LogP contribution is 2.40. The summed E-state index contributed by atoms with van der Waals surface area (Å²) in [6.07, 6.45) is 17.7. The van der Waals surface area contributed by atoms with Crippen molar-refractivity contribution in [3.63, 3.8) is 0 Å². The predicted molar refractivity (Wildman–Crippen MR) is 218 cm³/mol. The minimum Gasteiger partial charge on any atom is -0.390 e. The molecule has 0 radical (unpaired) electrons. The van der Waals surface area contributed by atoms with Gasteiger partial charge in [-0.1, -0.05) is 201 Å². The maximum atomic E-state index is 10.9. The van der Waals surface area contributed by atoms with Gasteiger partial charge >= 0.3 is 0 Å². The third kappa shape index (κ3) is 16.0. The fourth-order valence-corrected chi connectivity index (χ4v) is 7.46. The highest BCUT2D eigenvalue weighted by molar-refractivity contribution is 5.47.